The number of unbranched alkanes of at least 4 members (excludes halogenated alkanes) is 4. The monoisotopic (exact) mass is 538 g/mol. The highest BCUT2D eigenvalue weighted by molar-refractivity contribution is 5.83. The van der Waals surface area contributed by atoms with Gasteiger partial charge in [0.2, 0.25) is 0 Å². The molecule has 0 aromatic heterocycles. The second kappa shape index (κ2) is 15.8. The summed E-state index contributed by atoms with van der Waals surface area (Å²) in [4.78, 5) is 11.3. The standard InChI is InChI=1S/C38H50O2/c1-3-5-6-7-8-12-29-17-21-32(22-18-29)33-25-27-35(28-26-33)37-16-10-9-15-36(37)34-23-19-30(20-24-34)13-11-14-31(4-2)38(39)40/h9-10,15-16,19-20,23-29,31-32H,3-8,11-14,17-18,21-22H2,1-2H3,(H,39,40)/t29-,31?,32-. The fraction of sp³-hybridized carbons (Fsp3) is 0.500. The van der Waals surface area contributed by atoms with Gasteiger partial charge in [-0.05, 0) is 96.6 Å². The zero-order valence-corrected chi connectivity index (χ0v) is 24.9. The molecule has 0 bridgehead atoms. The number of aryl methyl sites for hydroxylation is 1. The van der Waals surface area contributed by atoms with Crippen LogP contribution in [-0.2, 0) is 11.2 Å². The van der Waals surface area contributed by atoms with E-state index in [1.807, 2.05) is 6.92 Å². The number of rotatable bonds is 15. The molecular weight excluding hydrogens is 488 g/mol. The number of hydrogen-bond acceptors (Lipinski definition) is 1. The molecule has 0 amide bonds. The number of aliphatic carboxylic acids is 1. The molecular formula is C38H50O2. The molecule has 2 heteroatoms. The molecule has 3 aromatic carbocycles. The molecule has 214 valence electrons. The molecule has 2 nitrogen and oxygen atoms in total. The lowest BCUT2D eigenvalue weighted by Gasteiger charge is -2.29. The lowest BCUT2D eigenvalue weighted by molar-refractivity contribution is -0.142. The van der Waals surface area contributed by atoms with Crippen LogP contribution < -0.4 is 0 Å². The summed E-state index contributed by atoms with van der Waals surface area (Å²) in [5, 5.41) is 9.29. The van der Waals surface area contributed by atoms with Crippen molar-refractivity contribution in [2.45, 2.75) is 110 Å². The van der Waals surface area contributed by atoms with Crippen molar-refractivity contribution in [1.29, 1.82) is 0 Å². The van der Waals surface area contributed by atoms with Crippen molar-refractivity contribution in [1.82, 2.24) is 0 Å². The van der Waals surface area contributed by atoms with Crippen molar-refractivity contribution in [2.75, 3.05) is 0 Å². The molecule has 0 spiro atoms. The normalized spacial score (nSPS) is 17.9. The van der Waals surface area contributed by atoms with Gasteiger partial charge in [0.25, 0.3) is 0 Å². The van der Waals surface area contributed by atoms with Gasteiger partial charge in [-0.25, -0.2) is 0 Å². The van der Waals surface area contributed by atoms with E-state index < -0.39 is 5.97 Å². The van der Waals surface area contributed by atoms with Crippen molar-refractivity contribution in [3.05, 3.63) is 83.9 Å². The molecule has 4 rings (SSSR count). The van der Waals surface area contributed by atoms with Gasteiger partial charge in [-0.3, -0.25) is 4.79 Å². The topological polar surface area (TPSA) is 37.3 Å². The average molecular weight is 539 g/mol. The summed E-state index contributed by atoms with van der Waals surface area (Å²) in [6, 6.07) is 27.0. The van der Waals surface area contributed by atoms with Crippen LogP contribution in [0.25, 0.3) is 22.3 Å². The van der Waals surface area contributed by atoms with Crippen LogP contribution in [0.1, 0.15) is 114 Å². The summed E-state index contributed by atoms with van der Waals surface area (Å²) in [5.41, 5.74) is 7.84. The first-order valence-corrected chi connectivity index (χ1v) is 16.1. The molecule has 1 saturated carbocycles. The van der Waals surface area contributed by atoms with E-state index in [9.17, 15) is 9.90 Å². The summed E-state index contributed by atoms with van der Waals surface area (Å²) >= 11 is 0. The fourth-order valence-corrected chi connectivity index (χ4v) is 6.65. The third-order valence-electron chi connectivity index (χ3n) is 9.31. The third-order valence-corrected chi connectivity index (χ3v) is 9.31. The largest absolute Gasteiger partial charge is 0.481 e. The summed E-state index contributed by atoms with van der Waals surface area (Å²) < 4.78 is 0. The number of carbonyl (C=O) groups is 1. The molecule has 1 N–H and O–H groups in total. The summed E-state index contributed by atoms with van der Waals surface area (Å²) in [6.45, 7) is 4.25. The minimum atomic E-state index is -0.668. The van der Waals surface area contributed by atoms with E-state index in [-0.39, 0.29) is 5.92 Å². The van der Waals surface area contributed by atoms with E-state index in [4.69, 9.17) is 0 Å². The first kappa shape index (κ1) is 30.1. The van der Waals surface area contributed by atoms with Gasteiger partial charge >= 0.3 is 5.97 Å². The molecule has 1 aliphatic rings. The van der Waals surface area contributed by atoms with Gasteiger partial charge in [0.05, 0.1) is 5.92 Å². The van der Waals surface area contributed by atoms with Gasteiger partial charge in [0.15, 0.2) is 0 Å². The van der Waals surface area contributed by atoms with Crippen molar-refractivity contribution in [3.63, 3.8) is 0 Å². The maximum Gasteiger partial charge on any atom is 0.306 e. The molecule has 0 aliphatic heterocycles. The van der Waals surface area contributed by atoms with Crippen molar-refractivity contribution < 1.29 is 9.90 Å². The van der Waals surface area contributed by atoms with Crippen molar-refractivity contribution >= 4 is 5.97 Å². The lowest BCUT2D eigenvalue weighted by atomic mass is 9.77. The molecule has 0 radical (unpaired) electrons. The number of benzene rings is 3. The van der Waals surface area contributed by atoms with Crippen molar-refractivity contribution in [2.24, 2.45) is 11.8 Å². The third kappa shape index (κ3) is 8.56. The van der Waals surface area contributed by atoms with Crippen LogP contribution in [0.3, 0.4) is 0 Å². The minimum absolute atomic E-state index is 0.224. The maximum atomic E-state index is 11.3. The Kier molecular flexibility index (Phi) is 11.9. The van der Waals surface area contributed by atoms with Crippen LogP contribution in [-0.4, -0.2) is 11.1 Å². The SMILES string of the molecule is CCCCCCC[C@H]1CC[C@H](c2ccc(-c3ccccc3-c3ccc(CCCC(CC)C(=O)O)cc3)cc2)CC1. The average Bonchev–Trinajstić information content (AvgIpc) is 3.00. The molecule has 1 fully saturated rings. The molecule has 0 heterocycles. The van der Waals surface area contributed by atoms with Gasteiger partial charge in [-0.1, -0.05) is 125 Å². The lowest BCUT2D eigenvalue weighted by Crippen LogP contribution is -2.13. The van der Waals surface area contributed by atoms with Crippen LogP contribution in [0.5, 0.6) is 0 Å². The van der Waals surface area contributed by atoms with E-state index in [0.717, 1.165) is 31.1 Å². The molecule has 1 aliphatic carbocycles. The van der Waals surface area contributed by atoms with Gasteiger partial charge < -0.3 is 5.11 Å². The summed E-state index contributed by atoms with van der Waals surface area (Å²) in [6.07, 6.45) is 17.2. The highest BCUT2D eigenvalue weighted by atomic mass is 16.4. The van der Waals surface area contributed by atoms with E-state index in [1.165, 1.54) is 97.6 Å². The Morgan fingerprint density at radius 2 is 1.35 bits per heavy atom. The van der Waals surface area contributed by atoms with E-state index in [0.29, 0.717) is 6.42 Å². The predicted molar refractivity (Wildman–Crippen MR) is 170 cm³/mol. The van der Waals surface area contributed by atoms with E-state index >= 15 is 0 Å². The minimum Gasteiger partial charge on any atom is -0.481 e. The Bertz CT molecular complexity index is 1150. The summed E-state index contributed by atoms with van der Waals surface area (Å²) in [7, 11) is 0. The van der Waals surface area contributed by atoms with Gasteiger partial charge in [-0.15, -0.1) is 0 Å². The highest BCUT2D eigenvalue weighted by Crippen LogP contribution is 2.39. The molecule has 0 saturated heterocycles. The second-order valence-electron chi connectivity index (χ2n) is 12.1. The smallest absolute Gasteiger partial charge is 0.306 e. The fourth-order valence-electron chi connectivity index (χ4n) is 6.65. The Balaban J connectivity index is 1.33. The second-order valence-corrected chi connectivity index (χ2v) is 12.1. The zero-order chi connectivity index (χ0) is 28.2. The molecule has 40 heavy (non-hydrogen) atoms. The molecule has 3 aromatic rings. The number of carboxylic acid groups (broad SMARTS) is 1. The molecule has 1 unspecified atom stereocenters. The van der Waals surface area contributed by atoms with Gasteiger partial charge in [0, 0.05) is 0 Å². The van der Waals surface area contributed by atoms with Crippen LogP contribution in [0.2, 0.25) is 0 Å². The maximum absolute atomic E-state index is 11.3. The first-order valence-electron chi connectivity index (χ1n) is 16.1. The van der Waals surface area contributed by atoms with Crippen LogP contribution >= 0.6 is 0 Å². The Morgan fingerprint density at radius 3 is 1.93 bits per heavy atom. The Hall–Kier alpha value is -2.87. The number of hydrogen-bond donors (Lipinski definition) is 1. The van der Waals surface area contributed by atoms with Crippen LogP contribution in [0.4, 0.5) is 0 Å². The highest BCUT2D eigenvalue weighted by Gasteiger charge is 2.22. The quantitative estimate of drug-likeness (QED) is 0.195. The Labute approximate surface area is 243 Å². The van der Waals surface area contributed by atoms with Gasteiger partial charge in [0.1, 0.15) is 0 Å². The number of carboxylic acids is 1. The van der Waals surface area contributed by atoms with Gasteiger partial charge in [-0.2, -0.15) is 0 Å². The Morgan fingerprint density at radius 1 is 0.750 bits per heavy atom. The van der Waals surface area contributed by atoms with E-state index in [1.54, 1.807) is 0 Å². The van der Waals surface area contributed by atoms with Crippen LogP contribution in [0, 0.1) is 11.8 Å². The van der Waals surface area contributed by atoms with E-state index in [2.05, 4.69) is 79.7 Å². The van der Waals surface area contributed by atoms with Crippen molar-refractivity contribution in [3.8, 4) is 22.3 Å². The molecule has 1 atom stereocenters. The zero-order valence-electron chi connectivity index (χ0n) is 24.9. The first-order chi connectivity index (χ1) is 19.6. The van der Waals surface area contributed by atoms with Crippen LogP contribution in [0.15, 0.2) is 72.8 Å². The summed E-state index contributed by atoms with van der Waals surface area (Å²) in [5.74, 6) is 0.778. The predicted octanol–water partition coefficient (Wildman–Crippen LogP) is 11.1.